The number of fused-ring (bicyclic) bond motifs is 1. The molecule has 3 rings (SSSR count). The molecule has 1 heterocycles. The molecular formula is C15H20N2O2. The molecular weight excluding hydrogens is 240 g/mol. The number of hydrogen-bond donors (Lipinski definition) is 1. The zero-order valence-corrected chi connectivity index (χ0v) is 11.3. The third-order valence-corrected chi connectivity index (χ3v) is 4.52. The molecule has 0 unspecified atom stereocenters. The monoisotopic (exact) mass is 260 g/mol. The van der Waals surface area contributed by atoms with Crippen molar-refractivity contribution in [1.29, 1.82) is 0 Å². The fourth-order valence-corrected chi connectivity index (χ4v) is 2.90. The van der Waals surface area contributed by atoms with Gasteiger partial charge in [0.2, 0.25) is 5.91 Å². The van der Waals surface area contributed by atoms with Crippen molar-refractivity contribution in [3.63, 3.8) is 0 Å². The van der Waals surface area contributed by atoms with Gasteiger partial charge >= 0.3 is 0 Å². The molecule has 0 radical (unpaired) electrons. The van der Waals surface area contributed by atoms with Crippen molar-refractivity contribution in [2.75, 3.05) is 25.1 Å². The van der Waals surface area contributed by atoms with Crippen LogP contribution in [-0.4, -0.2) is 26.1 Å². The Balaban J connectivity index is 1.70. The lowest BCUT2D eigenvalue weighted by atomic mass is 10.0. The molecule has 0 saturated heterocycles. The summed E-state index contributed by atoms with van der Waals surface area (Å²) >= 11 is 0. The predicted octanol–water partition coefficient (Wildman–Crippen LogP) is 1.71. The van der Waals surface area contributed by atoms with Crippen LogP contribution in [0.4, 0.5) is 5.69 Å². The number of primary amides is 1. The first kappa shape index (κ1) is 12.3. The van der Waals surface area contributed by atoms with Gasteiger partial charge in [0.1, 0.15) is 5.75 Å². The number of nitrogens with two attached hydrogens (primary N) is 1. The van der Waals surface area contributed by atoms with Crippen LogP contribution in [0.25, 0.3) is 0 Å². The van der Waals surface area contributed by atoms with E-state index in [1.54, 1.807) is 7.11 Å². The predicted molar refractivity (Wildman–Crippen MR) is 74.4 cm³/mol. The van der Waals surface area contributed by atoms with Crippen LogP contribution in [0, 0.1) is 5.41 Å². The standard InChI is InChI=1S/C15H20N2O2/c1-19-12-3-2-11-4-8-17(13(11)10-12)9-7-15(5-6-15)14(16)18/h2-3,10H,4-9H2,1H3,(H2,16,18). The molecule has 4 nitrogen and oxygen atoms in total. The average molecular weight is 260 g/mol. The van der Waals surface area contributed by atoms with Crippen LogP contribution in [0.1, 0.15) is 24.8 Å². The molecule has 1 fully saturated rings. The first-order valence-electron chi connectivity index (χ1n) is 6.86. The molecule has 0 spiro atoms. The number of ether oxygens (including phenoxy) is 1. The Bertz CT molecular complexity index is 509. The SMILES string of the molecule is COc1ccc2c(c1)N(CCC1(C(N)=O)CC1)CC2. The number of rotatable bonds is 5. The first-order chi connectivity index (χ1) is 9.14. The molecule has 2 N–H and O–H groups in total. The van der Waals surface area contributed by atoms with Crippen molar-refractivity contribution in [3.8, 4) is 5.75 Å². The number of benzene rings is 1. The molecule has 1 aliphatic carbocycles. The van der Waals surface area contributed by atoms with Crippen molar-refractivity contribution in [2.24, 2.45) is 11.1 Å². The van der Waals surface area contributed by atoms with E-state index in [1.165, 1.54) is 11.3 Å². The van der Waals surface area contributed by atoms with E-state index in [0.717, 1.165) is 44.5 Å². The van der Waals surface area contributed by atoms with Gasteiger partial charge in [-0.05, 0) is 37.3 Å². The lowest BCUT2D eigenvalue weighted by Crippen LogP contribution is -2.30. The fourth-order valence-electron chi connectivity index (χ4n) is 2.90. The number of carbonyl (C=O) groups is 1. The molecule has 102 valence electrons. The third-order valence-electron chi connectivity index (χ3n) is 4.52. The second-order valence-corrected chi connectivity index (χ2v) is 5.63. The summed E-state index contributed by atoms with van der Waals surface area (Å²) in [6, 6.07) is 6.23. The summed E-state index contributed by atoms with van der Waals surface area (Å²) < 4.78 is 5.28. The molecule has 0 bridgehead atoms. The van der Waals surface area contributed by atoms with Gasteiger partial charge in [-0.15, -0.1) is 0 Å². The largest absolute Gasteiger partial charge is 0.497 e. The van der Waals surface area contributed by atoms with E-state index in [4.69, 9.17) is 10.5 Å². The Morgan fingerprint density at radius 2 is 2.26 bits per heavy atom. The van der Waals surface area contributed by atoms with Gasteiger partial charge in [-0.25, -0.2) is 0 Å². The van der Waals surface area contributed by atoms with E-state index < -0.39 is 0 Å². The molecule has 19 heavy (non-hydrogen) atoms. The fraction of sp³-hybridized carbons (Fsp3) is 0.533. The molecule has 1 aliphatic heterocycles. The smallest absolute Gasteiger partial charge is 0.223 e. The van der Waals surface area contributed by atoms with Gasteiger partial charge in [0.05, 0.1) is 12.5 Å². The lowest BCUT2D eigenvalue weighted by molar-refractivity contribution is -0.123. The molecule has 4 heteroatoms. The van der Waals surface area contributed by atoms with E-state index in [0.29, 0.717) is 0 Å². The second kappa shape index (κ2) is 4.44. The van der Waals surface area contributed by atoms with Crippen molar-refractivity contribution >= 4 is 11.6 Å². The van der Waals surface area contributed by atoms with Crippen molar-refractivity contribution in [1.82, 2.24) is 0 Å². The molecule has 1 aromatic rings. The number of carbonyl (C=O) groups excluding carboxylic acids is 1. The van der Waals surface area contributed by atoms with Gasteiger partial charge in [-0.1, -0.05) is 6.07 Å². The molecule has 0 aromatic heterocycles. The Labute approximate surface area is 113 Å². The number of amides is 1. The van der Waals surface area contributed by atoms with Gasteiger partial charge in [0.15, 0.2) is 0 Å². The minimum absolute atomic E-state index is 0.127. The summed E-state index contributed by atoms with van der Waals surface area (Å²) in [5.41, 5.74) is 7.89. The first-order valence-corrected chi connectivity index (χ1v) is 6.86. The summed E-state index contributed by atoms with van der Waals surface area (Å²) in [6.45, 7) is 1.93. The normalized spacial score (nSPS) is 19.1. The highest BCUT2D eigenvalue weighted by Gasteiger charge is 2.48. The number of methoxy groups -OCH3 is 1. The summed E-state index contributed by atoms with van der Waals surface area (Å²) in [6.07, 6.45) is 3.87. The van der Waals surface area contributed by atoms with Crippen molar-refractivity contribution < 1.29 is 9.53 Å². The van der Waals surface area contributed by atoms with Gasteiger partial charge in [-0.3, -0.25) is 4.79 Å². The maximum atomic E-state index is 11.4. The van der Waals surface area contributed by atoms with E-state index in [-0.39, 0.29) is 11.3 Å². The summed E-state index contributed by atoms with van der Waals surface area (Å²) in [5.74, 6) is 0.763. The second-order valence-electron chi connectivity index (χ2n) is 5.63. The highest BCUT2D eigenvalue weighted by molar-refractivity contribution is 5.83. The minimum atomic E-state index is -0.207. The average Bonchev–Trinajstić information content (AvgIpc) is 3.11. The van der Waals surface area contributed by atoms with Crippen LogP contribution in [0.15, 0.2) is 18.2 Å². The topological polar surface area (TPSA) is 55.6 Å². The van der Waals surface area contributed by atoms with Crippen LogP contribution < -0.4 is 15.4 Å². The van der Waals surface area contributed by atoms with E-state index in [9.17, 15) is 4.79 Å². The summed E-state index contributed by atoms with van der Waals surface area (Å²) in [4.78, 5) is 13.8. The van der Waals surface area contributed by atoms with Crippen LogP contribution in [0.2, 0.25) is 0 Å². The Morgan fingerprint density at radius 1 is 1.47 bits per heavy atom. The highest BCUT2D eigenvalue weighted by Crippen LogP contribution is 2.49. The maximum Gasteiger partial charge on any atom is 0.223 e. The lowest BCUT2D eigenvalue weighted by Gasteiger charge is -2.22. The third kappa shape index (κ3) is 2.15. The zero-order chi connectivity index (χ0) is 13.5. The Morgan fingerprint density at radius 3 is 2.89 bits per heavy atom. The van der Waals surface area contributed by atoms with Crippen LogP contribution in [0.3, 0.4) is 0 Å². The Hall–Kier alpha value is -1.71. The van der Waals surface area contributed by atoms with Crippen LogP contribution >= 0.6 is 0 Å². The Kier molecular flexibility index (Phi) is 2.88. The van der Waals surface area contributed by atoms with Gasteiger partial charge in [0.25, 0.3) is 0 Å². The van der Waals surface area contributed by atoms with Crippen molar-refractivity contribution in [2.45, 2.75) is 25.7 Å². The summed E-state index contributed by atoms with van der Waals surface area (Å²) in [7, 11) is 1.69. The highest BCUT2D eigenvalue weighted by atomic mass is 16.5. The number of anilines is 1. The van der Waals surface area contributed by atoms with Crippen LogP contribution in [0.5, 0.6) is 5.75 Å². The molecule has 1 aromatic carbocycles. The number of nitrogens with zero attached hydrogens (tertiary/aromatic N) is 1. The molecule has 2 aliphatic rings. The molecule has 0 atom stereocenters. The maximum absolute atomic E-state index is 11.4. The summed E-state index contributed by atoms with van der Waals surface area (Å²) in [5, 5.41) is 0. The van der Waals surface area contributed by atoms with Gasteiger partial charge < -0.3 is 15.4 Å². The van der Waals surface area contributed by atoms with Crippen LogP contribution in [-0.2, 0) is 11.2 Å². The molecule has 1 amide bonds. The number of hydrogen-bond acceptors (Lipinski definition) is 3. The van der Waals surface area contributed by atoms with Gasteiger partial charge in [0, 0.05) is 24.8 Å². The molecule has 1 saturated carbocycles. The van der Waals surface area contributed by atoms with E-state index in [1.807, 2.05) is 6.07 Å². The van der Waals surface area contributed by atoms with E-state index in [2.05, 4.69) is 17.0 Å². The quantitative estimate of drug-likeness (QED) is 0.877. The van der Waals surface area contributed by atoms with Crippen molar-refractivity contribution in [3.05, 3.63) is 23.8 Å². The zero-order valence-electron chi connectivity index (χ0n) is 11.3. The minimum Gasteiger partial charge on any atom is -0.497 e. The van der Waals surface area contributed by atoms with E-state index >= 15 is 0 Å². The van der Waals surface area contributed by atoms with Gasteiger partial charge in [-0.2, -0.15) is 0 Å².